The van der Waals surface area contributed by atoms with E-state index in [1.54, 1.807) is 17.8 Å². The van der Waals surface area contributed by atoms with Gasteiger partial charge in [-0.1, -0.05) is 74.6 Å². The number of amides is 1. The van der Waals surface area contributed by atoms with Crippen LogP contribution in [0.1, 0.15) is 49.4 Å². The van der Waals surface area contributed by atoms with Gasteiger partial charge in [-0.05, 0) is 30.0 Å². The summed E-state index contributed by atoms with van der Waals surface area (Å²) in [6, 6.07) is 19.1. The lowest BCUT2D eigenvalue weighted by Gasteiger charge is -2.17. The molecule has 0 aliphatic rings. The van der Waals surface area contributed by atoms with Crippen molar-refractivity contribution in [3.05, 3.63) is 87.3 Å². The van der Waals surface area contributed by atoms with E-state index in [4.69, 9.17) is 0 Å². The molecule has 4 rings (SSSR count). The minimum absolute atomic E-state index is 0.0260. The highest BCUT2D eigenvalue weighted by Gasteiger charge is 2.19. The third kappa shape index (κ3) is 5.74. The molecule has 176 valence electrons. The fourth-order valence-corrected chi connectivity index (χ4v) is 5.76. The first kappa shape index (κ1) is 24.2. The summed E-state index contributed by atoms with van der Waals surface area (Å²) in [6.45, 7) is 6.27. The summed E-state index contributed by atoms with van der Waals surface area (Å²) in [5.41, 5.74) is 2.31. The lowest BCUT2D eigenvalue weighted by molar-refractivity contribution is -0.117. The number of carbonyl (C=O) groups is 1. The van der Waals surface area contributed by atoms with Crippen LogP contribution in [0.4, 0.5) is 5.69 Å². The fraction of sp³-hybridized carbons (Fsp3) is 0.308. The van der Waals surface area contributed by atoms with E-state index < -0.39 is 0 Å². The van der Waals surface area contributed by atoms with E-state index in [9.17, 15) is 9.59 Å². The molecule has 6 nitrogen and oxygen atoms in total. The summed E-state index contributed by atoms with van der Waals surface area (Å²) < 4.78 is 1.39. The van der Waals surface area contributed by atoms with Crippen LogP contribution in [0.5, 0.6) is 0 Å². The van der Waals surface area contributed by atoms with Crippen molar-refractivity contribution in [1.29, 1.82) is 0 Å². The van der Waals surface area contributed by atoms with Crippen molar-refractivity contribution >= 4 is 39.7 Å². The number of fused-ring (bicyclic) bond motifs is 1. The van der Waals surface area contributed by atoms with Crippen molar-refractivity contribution in [1.82, 2.24) is 14.6 Å². The number of rotatable bonds is 9. The van der Waals surface area contributed by atoms with Crippen LogP contribution in [0.2, 0.25) is 0 Å². The Balaban J connectivity index is 1.50. The van der Waals surface area contributed by atoms with Crippen LogP contribution < -0.4 is 10.9 Å². The maximum Gasteiger partial charge on any atom is 0.275 e. The smallest absolute Gasteiger partial charge is 0.275 e. The summed E-state index contributed by atoms with van der Waals surface area (Å²) in [7, 11) is 0. The Morgan fingerprint density at radius 3 is 2.59 bits per heavy atom. The molecular weight excluding hydrogens is 464 g/mol. The van der Waals surface area contributed by atoms with Crippen LogP contribution in [0.15, 0.2) is 70.4 Å². The molecule has 1 atom stereocenters. The number of hydrogen-bond donors (Lipinski definition) is 1. The SMILES string of the molecule is CC[C@H](C(=O)Nc1ccccc1SCc1cc(=O)n2nc(CC(C)C)sc2n1)c1ccccc1. The molecule has 0 spiro atoms. The highest BCUT2D eigenvalue weighted by Crippen LogP contribution is 2.31. The molecule has 34 heavy (non-hydrogen) atoms. The van der Waals surface area contributed by atoms with Crippen molar-refractivity contribution in [3.8, 4) is 0 Å². The highest BCUT2D eigenvalue weighted by molar-refractivity contribution is 7.98. The Morgan fingerprint density at radius 2 is 1.85 bits per heavy atom. The zero-order valence-electron chi connectivity index (χ0n) is 19.5. The molecule has 2 aromatic heterocycles. The molecule has 1 amide bonds. The summed E-state index contributed by atoms with van der Waals surface area (Å²) >= 11 is 3.02. The van der Waals surface area contributed by atoms with Gasteiger partial charge in [-0.15, -0.1) is 11.8 Å². The second-order valence-electron chi connectivity index (χ2n) is 8.52. The third-order valence-electron chi connectivity index (χ3n) is 5.37. The van der Waals surface area contributed by atoms with Gasteiger partial charge >= 0.3 is 0 Å². The maximum absolute atomic E-state index is 13.1. The average molecular weight is 493 g/mol. The zero-order chi connectivity index (χ0) is 24.1. The molecule has 2 aromatic carbocycles. The van der Waals surface area contributed by atoms with E-state index in [0.717, 1.165) is 27.6 Å². The molecule has 0 bridgehead atoms. The first-order valence-corrected chi connectivity index (χ1v) is 13.2. The molecule has 0 unspecified atom stereocenters. The quantitative estimate of drug-likeness (QED) is 0.300. The van der Waals surface area contributed by atoms with E-state index in [0.29, 0.717) is 28.7 Å². The highest BCUT2D eigenvalue weighted by atomic mass is 32.2. The standard InChI is InChI=1S/C26H28N4O2S2/c1-4-20(18-10-6-5-7-11-18)25(32)28-21-12-8-9-13-22(21)33-16-19-15-24(31)30-26(27-19)34-23(29-30)14-17(2)3/h5-13,15,17,20H,4,14,16H2,1-3H3,(H,28,32)/t20-/m0/s1. The second-order valence-corrected chi connectivity index (χ2v) is 10.6. The van der Waals surface area contributed by atoms with Gasteiger partial charge in [0.15, 0.2) is 0 Å². The van der Waals surface area contributed by atoms with E-state index in [2.05, 4.69) is 29.2 Å². The molecule has 1 N–H and O–H groups in total. The first-order valence-electron chi connectivity index (χ1n) is 11.4. The largest absolute Gasteiger partial charge is 0.325 e. The monoisotopic (exact) mass is 492 g/mol. The van der Waals surface area contributed by atoms with Crippen LogP contribution in [0.3, 0.4) is 0 Å². The minimum Gasteiger partial charge on any atom is -0.325 e. The lowest BCUT2D eigenvalue weighted by atomic mass is 9.95. The Bertz CT molecular complexity index is 1330. The Kier molecular flexibility index (Phi) is 7.80. The van der Waals surface area contributed by atoms with Gasteiger partial charge in [-0.25, -0.2) is 4.98 Å². The van der Waals surface area contributed by atoms with Crippen LogP contribution in [-0.2, 0) is 17.0 Å². The van der Waals surface area contributed by atoms with Crippen molar-refractivity contribution in [2.45, 2.75) is 50.2 Å². The van der Waals surface area contributed by atoms with Crippen molar-refractivity contribution in [2.75, 3.05) is 5.32 Å². The molecule has 0 saturated heterocycles. The number of para-hydroxylation sites is 1. The summed E-state index contributed by atoms with van der Waals surface area (Å²) in [5, 5.41) is 8.44. The molecule has 8 heteroatoms. The molecule has 2 heterocycles. The van der Waals surface area contributed by atoms with E-state index >= 15 is 0 Å². The van der Waals surface area contributed by atoms with Crippen LogP contribution in [0, 0.1) is 5.92 Å². The third-order valence-corrected chi connectivity index (χ3v) is 7.41. The van der Waals surface area contributed by atoms with Gasteiger partial charge in [0.1, 0.15) is 5.01 Å². The van der Waals surface area contributed by atoms with Crippen LogP contribution in [-0.4, -0.2) is 20.5 Å². The number of thioether (sulfide) groups is 1. The zero-order valence-corrected chi connectivity index (χ0v) is 21.2. The predicted molar refractivity (Wildman–Crippen MR) is 140 cm³/mol. The number of nitrogens with one attached hydrogen (secondary N) is 1. The molecule has 0 fully saturated rings. The van der Waals surface area contributed by atoms with Crippen LogP contribution in [0.25, 0.3) is 4.96 Å². The maximum atomic E-state index is 13.1. The van der Waals surface area contributed by atoms with Crippen molar-refractivity contribution in [2.24, 2.45) is 5.92 Å². The predicted octanol–water partition coefficient (Wildman–Crippen LogP) is 5.77. The summed E-state index contributed by atoms with van der Waals surface area (Å²) in [4.78, 5) is 31.8. The van der Waals surface area contributed by atoms with Gasteiger partial charge in [-0.2, -0.15) is 9.61 Å². The van der Waals surface area contributed by atoms with Gasteiger partial charge in [0.2, 0.25) is 10.9 Å². The van der Waals surface area contributed by atoms with Crippen molar-refractivity contribution < 1.29 is 4.79 Å². The van der Waals surface area contributed by atoms with Gasteiger partial charge < -0.3 is 5.32 Å². The molecule has 0 saturated carbocycles. The topological polar surface area (TPSA) is 76.4 Å². The van der Waals surface area contributed by atoms with Crippen LogP contribution >= 0.6 is 23.1 Å². The number of anilines is 1. The first-order chi connectivity index (χ1) is 16.4. The molecule has 0 aliphatic carbocycles. The number of carbonyl (C=O) groups excluding carboxylic acids is 1. The molecule has 0 aliphatic heterocycles. The van der Waals surface area contributed by atoms with Gasteiger partial charge in [0.25, 0.3) is 5.56 Å². The number of nitrogens with zero attached hydrogens (tertiary/aromatic N) is 3. The second kappa shape index (κ2) is 11.0. The van der Waals surface area contributed by atoms with E-state index in [-0.39, 0.29) is 17.4 Å². The summed E-state index contributed by atoms with van der Waals surface area (Å²) in [5.74, 6) is 0.746. The normalized spacial score (nSPS) is 12.2. The van der Waals surface area contributed by atoms with E-state index in [1.165, 1.54) is 15.9 Å². The Hall–Kier alpha value is -2.97. The van der Waals surface area contributed by atoms with Crippen molar-refractivity contribution in [3.63, 3.8) is 0 Å². The van der Waals surface area contributed by atoms with Gasteiger partial charge in [0, 0.05) is 23.1 Å². The summed E-state index contributed by atoms with van der Waals surface area (Å²) in [6.07, 6.45) is 1.54. The molecule has 0 radical (unpaired) electrons. The number of aromatic nitrogens is 3. The Labute approximate surface area is 207 Å². The Morgan fingerprint density at radius 1 is 1.12 bits per heavy atom. The number of benzene rings is 2. The van der Waals surface area contributed by atoms with Gasteiger partial charge in [0.05, 0.1) is 17.3 Å². The number of hydrogen-bond acceptors (Lipinski definition) is 6. The minimum atomic E-state index is -0.213. The average Bonchev–Trinajstić information content (AvgIpc) is 3.22. The fourth-order valence-electron chi connectivity index (χ4n) is 3.73. The lowest BCUT2D eigenvalue weighted by Crippen LogP contribution is -2.21. The van der Waals surface area contributed by atoms with Gasteiger partial charge in [-0.3, -0.25) is 9.59 Å². The molecular formula is C26H28N4O2S2. The molecule has 4 aromatic rings. The van der Waals surface area contributed by atoms with E-state index in [1.807, 2.05) is 61.5 Å².